The molecule has 0 rings (SSSR count). The number of allylic oxidation sites excluding steroid dienone is 4. The molecule has 0 amide bonds. The first-order valence-corrected chi connectivity index (χ1v) is 17.7. The number of hydrogen-bond acceptors (Lipinski definition) is 5. The molecule has 42 heavy (non-hydrogen) atoms. The van der Waals surface area contributed by atoms with Gasteiger partial charge in [0.2, 0.25) is 0 Å². The highest BCUT2D eigenvalue weighted by Gasteiger charge is 2.16. The molecule has 0 saturated carbocycles. The molecule has 0 bridgehead atoms. The fourth-order valence-electron chi connectivity index (χ4n) is 5.11. The number of rotatable bonds is 32. The topological polar surface area (TPSA) is 65.0 Å². The minimum absolute atomic E-state index is 0.0148. The molecule has 0 saturated heterocycles. The van der Waals surface area contributed by atoms with Crippen molar-refractivity contribution < 1.29 is 24.1 Å². The minimum Gasteiger partial charge on any atom is -0.465 e. The molecule has 1 N–H and O–H groups in total. The summed E-state index contributed by atoms with van der Waals surface area (Å²) in [6.07, 6.45) is 32.2. The van der Waals surface area contributed by atoms with Crippen LogP contribution in [0.5, 0.6) is 0 Å². The van der Waals surface area contributed by atoms with Crippen molar-refractivity contribution >= 4 is 5.97 Å². The van der Waals surface area contributed by atoms with E-state index < -0.39 is 0 Å². The lowest BCUT2D eigenvalue weighted by atomic mass is 9.89. The van der Waals surface area contributed by atoms with Gasteiger partial charge in [-0.25, -0.2) is 0 Å². The Morgan fingerprint density at radius 1 is 0.667 bits per heavy atom. The van der Waals surface area contributed by atoms with E-state index in [0.29, 0.717) is 26.2 Å². The molecule has 5 heteroatoms. The number of ether oxygens (including phenoxy) is 3. The zero-order chi connectivity index (χ0) is 30.9. The Morgan fingerprint density at radius 2 is 1.26 bits per heavy atom. The van der Waals surface area contributed by atoms with Crippen LogP contribution < -0.4 is 0 Å². The number of unbranched alkanes of at least 4 members (excludes halogenated alkanes) is 8. The lowest BCUT2D eigenvalue weighted by Gasteiger charge is -2.20. The van der Waals surface area contributed by atoms with E-state index in [1.807, 2.05) is 0 Å². The van der Waals surface area contributed by atoms with Crippen LogP contribution in [-0.2, 0) is 19.0 Å². The molecule has 0 aliphatic carbocycles. The van der Waals surface area contributed by atoms with Gasteiger partial charge in [0.05, 0.1) is 13.0 Å². The molecule has 5 nitrogen and oxygen atoms in total. The van der Waals surface area contributed by atoms with Gasteiger partial charge in [0.25, 0.3) is 0 Å². The third-order valence-corrected chi connectivity index (χ3v) is 7.81. The summed E-state index contributed by atoms with van der Waals surface area (Å²) in [6.45, 7) is 10.3. The highest BCUT2D eigenvalue weighted by Crippen LogP contribution is 2.24. The maximum Gasteiger partial charge on any atom is 0.305 e. The largest absolute Gasteiger partial charge is 0.465 e. The SMILES string of the molecule is C[CH]CCCC(CCCCC)CCCC(CO)COC(=O)CCC(OCCCC/C=C\CC)OCCCC/C=C\CC. The molecular formula is C37H69O5. The highest BCUT2D eigenvalue weighted by molar-refractivity contribution is 5.69. The molecule has 0 aliphatic heterocycles. The van der Waals surface area contributed by atoms with Crippen LogP contribution in [0.3, 0.4) is 0 Å². The van der Waals surface area contributed by atoms with Crippen molar-refractivity contribution in [2.24, 2.45) is 11.8 Å². The van der Waals surface area contributed by atoms with Crippen LogP contribution in [0.25, 0.3) is 0 Å². The summed E-state index contributed by atoms with van der Waals surface area (Å²) in [5.41, 5.74) is 0. The molecule has 0 aliphatic rings. The number of hydrogen-bond donors (Lipinski definition) is 1. The van der Waals surface area contributed by atoms with Gasteiger partial charge in [-0.15, -0.1) is 0 Å². The van der Waals surface area contributed by atoms with Crippen molar-refractivity contribution in [3.63, 3.8) is 0 Å². The predicted octanol–water partition coefficient (Wildman–Crippen LogP) is 10.3. The average Bonchev–Trinajstić information content (AvgIpc) is 3.00. The van der Waals surface area contributed by atoms with Crippen LogP contribution >= 0.6 is 0 Å². The Kier molecular flexibility index (Phi) is 31.8. The monoisotopic (exact) mass is 594 g/mol. The standard InChI is InChI=1S/C37H69O5/c1-5-9-13-15-17-21-30-40-37(41-31-22-18-16-14-10-6-2)29-28-36(39)42-33-35(32-38)27-23-26-34(24-19-11-7-3)25-20-12-8-4/h7,9-10,13-14,34-35,37-38H,5-6,8,11-12,15-33H2,1-4H3/b13-9-,14-10-. The quantitative estimate of drug-likeness (QED) is 0.0364. The fourth-order valence-corrected chi connectivity index (χ4v) is 5.11. The van der Waals surface area contributed by atoms with Gasteiger partial charge in [-0.3, -0.25) is 4.79 Å². The summed E-state index contributed by atoms with van der Waals surface area (Å²) in [5, 5.41) is 9.90. The van der Waals surface area contributed by atoms with Gasteiger partial charge in [0.15, 0.2) is 6.29 Å². The summed E-state index contributed by atoms with van der Waals surface area (Å²) >= 11 is 0. The molecule has 0 aromatic rings. The Hall–Kier alpha value is -1.17. The average molecular weight is 594 g/mol. The van der Waals surface area contributed by atoms with Gasteiger partial charge < -0.3 is 19.3 Å². The van der Waals surface area contributed by atoms with Crippen molar-refractivity contribution in [3.05, 3.63) is 30.7 Å². The second-order valence-corrected chi connectivity index (χ2v) is 11.8. The molecule has 0 spiro atoms. The second kappa shape index (κ2) is 32.7. The first-order valence-electron chi connectivity index (χ1n) is 17.7. The highest BCUT2D eigenvalue weighted by atomic mass is 16.7. The zero-order valence-corrected chi connectivity index (χ0v) is 28.2. The summed E-state index contributed by atoms with van der Waals surface area (Å²) in [5.74, 6) is 0.560. The van der Waals surface area contributed by atoms with Gasteiger partial charge in [-0.05, 0) is 70.1 Å². The van der Waals surface area contributed by atoms with Gasteiger partial charge >= 0.3 is 5.97 Å². The second-order valence-electron chi connectivity index (χ2n) is 11.8. The fraction of sp³-hybridized carbons (Fsp3) is 0.838. The molecule has 247 valence electrons. The molecular weight excluding hydrogens is 524 g/mol. The zero-order valence-electron chi connectivity index (χ0n) is 28.2. The van der Waals surface area contributed by atoms with Gasteiger partial charge in [0, 0.05) is 32.2 Å². The van der Waals surface area contributed by atoms with E-state index >= 15 is 0 Å². The summed E-state index contributed by atoms with van der Waals surface area (Å²) in [6, 6.07) is 0. The number of carbonyl (C=O) groups is 1. The molecule has 2 unspecified atom stereocenters. The van der Waals surface area contributed by atoms with Crippen molar-refractivity contribution in [1.29, 1.82) is 0 Å². The van der Waals surface area contributed by atoms with Gasteiger partial charge in [0.1, 0.15) is 0 Å². The van der Waals surface area contributed by atoms with E-state index in [9.17, 15) is 9.90 Å². The predicted molar refractivity (Wildman–Crippen MR) is 178 cm³/mol. The summed E-state index contributed by atoms with van der Waals surface area (Å²) in [4.78, 5) is 12.6. The summed E-state index contributed by atoms with van der Waals surface area (Å²) in [7, 11) is 0. The van der Waals surface area contributed by atoms with E-state index in [1.54, 1.807) is 0 Å². The molecule has 0 fully saturated rings. The third-order valence-electron chi connectivity index (χ3n) is 7.81. The Morgan fingerprint density at radius 3 is 1.83 bits per heavy atom. The summed E-state index contributed by atoms with van der Waals surface area (Å²) < 4.78 is 17.6. The van der Waals surface area contributed by atoms with E-state index in [4.69, 9.17) is 14.2 Å². The van der Waals surface area contributed by atoms with Crippen molar-refractivity contribution in [2.45, 2.75) is 162 Å². The molecule has 1 radical (unpaired) electrons. The van der Waals surface area contributed by atoms with Crippen molar-refractivity contribution in [1.82, 2.24) is 0 Å². The smallest absolute Gasteiger partial charge is 0.305 e. The maximum atomic E-state index is 12.6. The first kappa shape index (κ1) is 40.8. The molecule has 2 atom stereocenters. The minimum atomic E-state index is -0.376. The number of esters is 1. The lowest BCUT2D eigenvalue weighted by Crippen LogP contribution is -2.22. The van der Waals surface area contributed by atoms with E-state index in [-0.39, 0.29) is 31.2 Å². The van der Waals surface area contributed by atoms with Gasteiger partial charge in [-0.2, -0.15) is 0 Å². The molecule has 0 aromatic carbocycles. The van der Waals surface area contributed by atoms with Crippen LogP contribution in [0.1, 0.15) is 156 Å². The van der Waals surface area contributed by atoms with E-state index in [2.05, 4.69) is 58.4 Å². The molecule has 0 aromatic heterocycles. The Labute approximate surface area is 261 Å². The lowest BCUT2D eigenvalue weighted by molar-refractivity contribution is -0.160. The maximum absolute atomic E-state index is 12.6. The number of aliphatic hydroxyl groups excluding tert-OH is 1. The van der Waals surface area contributed by atoms with Crippen molar-refractivity contribution in [2.75, 3.05) is 26.4 Å². The number of aliphatic hydroxyl groups is 1. The van der Waals surface area contributed by atoms with Crippen LogP contribution in [0.4, 0.5) is 0 Å². The van der Waals surface area contributed by atoms with E-state index in [0.717, 1.165) is 70.1 Å². The van der Waals surface area contributed by atoms with E-state index in [1.165, 1.54) is 51.4 Å². The number of carbonyl (C=O) groups excluding carboxylic acids is 1. The van der Waals surface area contributed by atoms with Gasteiger partial charge in [-0.1, -0.05) is 110 Å². The van der Waals surface area contributed by atoms with Crippen LogP contribution in [0.15, 0.2) is 24.3 Å². The van der Waals surface area contributed by atoms with Crippen molar-refractivity contribution in [3.8, 4) is 0 Å². The van der Waals surface area contributed by atoms with Crippen LogP contribution in [-0.4, -0.2) is 43.8 Å². The molecule has 0 heterocycles. The first-order chi connectivity index (χ1) is 20.6. The van der Waals surface area contributed by atoms with Crippen LogP contribution in [0.2, 0.25) is 0 Å². The Bertz CT molecular complexity index is 583. The van der Waals surface area contributed by atoms with Crippen LogP contribution in [0, 0.1) is 18.3 Å². The third kappa shape index (κ3) is 27.7. The normalized spacial score (nSPS) is 12.8. The Balaban J connectivity index is 4.47.